The van der Waals surface area contributed by atoms with E-state index in [0.717, 1.165) is 19.5 Å². The number of nitrogens with one attached hydrogen (secondary N) is 1. The van der Waals surface area contributed by atoms with E-state index < -0.39 is 0 Å². The van der Waals surface area contributed by atoms with Crippen molar-refractivity contribution in [2.75, 3.05) is 7.11 Å². The van der Waals surface area contributed by atoms with Crippen molar-refractivity contribution >= 4 is 0 Å². The normalized spacial score (nSPS) is 12.4. The quantitative estimate of drug-likeness (QED) is 0.790. The molecule has 0 radical (unpaired) electrons. The Hall–Kier alpha value is -0.800. The van der Waals surface area contributed by atoms with Gasteiger partial charge in [-0.05, 0) is 32.4 Å². The van der Waals surface area contributed by atoms with Gasteiger partial charge in [-0.25, -0.2) is 0 Å². The van der Waals surface area contributed by atoms with E-state index in [9.17, 15) is 0 Å². The molecule has 98 valence electrons. The van der Waals surface area contributed by atoms with Crippen LogP contribution in [-0.4, -0.2) is 23.3 Å². The molecule has 0 fully saturated rings. The van der Waals surface area contributed by atoms with Crippen LogP contribution in [0.2, 0.25) is 0 Å². The summed E-state index contributed by atoms with van der Waals surface area (Å²) in [5.41, 5.74) is 1.29. The zero-order chi connectivity index (χ0) is 12.9. The number of aryl methyl sites for hydroxylation is 1. The molecule has 0 saturated heterocycles. The van der Waals surface area contributed by atoms with Crippen molar-refractivity contribution in [2.45, 2.75) is 58.8 Å². The molecule has 0 saturated carbocycles. The van der Waals surface area contributed by atoms with Crippen molar-refractivity contribution in [3.8, 4) is 0 Å². The van der Waals surface area contributed by atoms with E-state index in [1.807, 2.05) is 0 Å². The van der Waals surface area contributed by atoms with Crippen LogP contribution in [0.25, 0.3) is 0 Å². The van der Waals surface area contributed by atoms with E-state index in [-0.39, 0.29) is 5.60 Å². The fourth-order valence-electron chi connectivity index (χ4n) is 1.63. The summed E-state index contributed by atoms with van der Waals surface area (Å²) in [5.74, 6) is 0. The first-order valence-corrected chi connectivity index (χ1v) is 6.37. The van der Waals surface area contributed by atoms with Crippen LogP contribution < -0.4 is 5.32 Å². The highest BCUT2D eigenvalue weighted by molar-refractivity contribution is 5.07. The van der Waals surface area contributed by atoms with Gasteiger partial charge >= 0.3 is 0 Å². The summed E-state index contributed by atoms with van der Waals surface area (Å²) in [4.78, 5) is 0. The van der Waals surface area contributed by atoms with Gasteiger partial charge < -0.3 is 14.6 Å². The number of hydrogen-bond acceptors (Lipinski definition) is 2. The van der Waals surface area contributed by atoms with Crippen LogP contribution in [0.4, 0.5) is 0 Å². The molecule has 1 N–H and O–H groups in total. The molecular formula is C14H26N2O. The van der Waals surface area contributed by atoms with Crippen LogP contribution in [0.3, 0.4) is 0 Å². The van der Waals surface area contributed by atoms with E-state index in [2.05, 4.69) is 55.9 Å². The summed E-state index contributed by atoms with van der Waals surface area (Å²) in [6.45, 7) is 10.5. The molecule has 1 aromatic rings. The summed E-state index contributed by atoms with van der Waals surface area (Å²) in [5, 5.41) is 3.45. The zero-order valence-electron chi connectivity index (χ0n) is 11.8. The fourth-order valence-corrected chi connectivity index (χ4v) is 1.63. The third kappa shape index (κ3) is 4.92. The molecule has 0 amide bonds. The van der Waals surface area contributed by atoms with Gasteiger partial charge in [0, 0.05) is 38.1 Å². The van der Waals surface area contributed by atoms with E-state index in [0.29, 0.717) is 6.04 Å². The largest absolute Gasteiger partial charge is 0.379 e. The maximum absolute atomic E-state index is 5.45. The summed E-state index contributed by atoms with van der Waals surface area (Å²) >= 11 is 0. The Balaban J connectivity index is 2.51. The molecule has 0 aliphatic carbocycles. The molecule has 1 heterocycles. The Morgan fingerprint density at radius 1 is 1.41 bits per heavy atom. The van der Waals surface area contributed by atoms with Gasteiger partial charge in [-0.1, -0.05) is 13.8 Å². The van der Waals surface area contributed by atoms with Crippen LogP contribution in [-0.2, 0) is 17.8 Å². The Bertz CT molecular complexity index is 329. The first kappa shape index (κ1) is 14.3. The minimum atomic E-state index is -0.0486. The minimum absolute atomic E-state index is 0.0486. The lowest BCUT2D eigenvalue weighted by Crippen LogP contribution is -2.26. The number of rotatable bonds is 7. The number of nitrogens with zero attached hydrogens (tertiary/aromatic N) is 1. The van der Waals surface area contributed by atoms with Crippen molar-refractivity contribution in [2.24, 2.45) is 0 Å². The van der Waals surface area contributed by atoms with Gasteiger partial charge in [0.2, 0.25) is 0 Å². The van der Waals surface area contributed by atoms with Gasteiger partial charge in [0.1, 0.15) is 0 Å². The van der Waals surface area contributed by atoms with E-state index in [1.54, 1.807) is 7.11 Å². The third-order valence-electron chi connectivity index (χ3n) is 3.12. The molecule has 0 aliphatic heterocycles. The highest BCUT2D eigenvalue weighted by Gasteiger charge is 2.16. The minimum Gasteiger partial charge on any atom is -0.379 e. The second-order valence-corrected chi connectivity index (χ2v) is 5.44. The molecule has 1 rings (SSSR count). The third-order valence-corrected chi connectivity index (χ3v) is 3.12. The lowest BCUT2D eigenvalue weighted by atomic mass is 10.1. The first-order valence-electron chi connectivity index (χ1n) is 6.37. The molecule has 0 aliphatic rings. The second kappa shape index (κ2) is 6.22. The number of hydrogen-bond donors (Lipinski definition) is 1. The second-order valence-electron chi connectivity index (χ2n) is 5.44. The Labute approximate surface area is 105 Å². The van der Waals surface area contributed by atoms with Gasteiger partial charge in [0.05, 0.1) is 5.60 Å². The van der Waals surface area contributed by atoms with Crippen LogP contribution in [0.1, 0.15) is 39.8 Å². The standard InChI is InChI=1S/C14H26N2O/c1-12(2)15-11-13-7-6-9-16(13)10-8-14(3,4)17-5/h6-7,9,12,15H,8,10-11H2,1-5H3. The van der Waals surface area contributed by atoms with Gasteiger partial charge in [0.25, 0.3) is 0 Å². The predicted octanol–water partition coefficient (Wildman–Crippen LogP) is 2.80. The van der Waals surface area contributed by atoms with Crippen LogP contribution >= 0.6 is 0 Å². The highest BCUT2D eigenvalue weighted by atomic mass is 16.5. The van der Waals surface area contributed by atoms with E-state index in [1.165, 1.54) is 5.69 Å². The highest BCUT2D eigenvalue weighted by Crippen LogP contribution is 2.15. The van der Waals surface area contributed by atoms with Crippen molar-refractivity contribution in [1.82, 2.24) is 9.88 Å². The molecule has 0 bridgehead atoms. The van der Waals surface area contributed by atoms with Gasteiger partial charge in [-0.15, -0.1) is 0 Å². The Morgan fingerprint density at radius 2 is 2.12 bits per heavy atom. The van der Waals surface area contributed by atoms with Gasteiger partial charge in [-0.3, -0.25) is 0 Å². The number of ether oxygens (including phenoxy) is 1. The number of methoxy groups -OCH3 is 1. The summed E-state index contributed by atoms with van der Waals surface area (Å²) < 4.78 is 7.75. The molecule has 1 aromatic heterocycles. The van der Waals surface area contributed by atoms with Crippen LogP contribution in [0, 0.1) is 0 Å². The lowest BCUT2D eigenvalue weighted by molar-refractivity contribution is 0.0119. The molecule has 0 aromatic carbocycles. The van der Waals surface area contributed by atoms with E-state index in [4.69, 9.17) is 4.74 Å². The lowest BCUT2D eigenvalue weighted by Gasteiger charge is -2.23. The average molecular weight is 238 g/mol. The molecular weight excluding hydrogens is 212 g/mol. The van der Waals surface area contributed by atoms with Crippen LogP contribution in [0.15, 0.2) is 18.3 Å². The summed E-state index contributed by atoms with van der Waals surface area (Å²) in [6.07, 6.45) is 3.16. The monoisotopic (exact) mass is 238 g/mol. The van der Waals surface area contributed by atoms with Crippen molar-refractivity contribution in [3.63, 3.8) is 0 Å². The number of aromatic nitrogens is 1. The fraction of sp³-hybridized carbons (Fsp3) is 0.714. The molecule has 0 atom stereocenters. The van der Waals surface area contributed by atoms with Crippen LogP contribution in [0.5, 0.6) is 0 Å². The maximum atomic E-state index is 5.45. The Kier molecular flexibility index (Phi) is 5.22. The van der Waals surface area contributed by atoms with Gasteiger partial charge in [-0.2, -0.15) is 0 Å². The smallest absolute Gasteiger partial charge is 0.0639 e. The topological polar surface area (TPSA) is 26.2 Å². The molecule has 0 spiro atoms. The predicted molar refractivity (Wildman–Crippen MR) is 72.1 cm³/mol. The first-order chi connectivity index (χ1) is 7.94. The maximum Gasteiger partial charge on any atom is 0.0639 e. The molecule has 17 heavy (non-hydrogen) atoms. The Morgan fingerprint density at radius 3 is 2.71 bits per heavy atom. The SMILES string of the molecule is COC(C)(C)CCn1cccc1CNC(C)C. The summed E-state index contributed by atoms with van der Waals surface area (Å²) in [6, 6.07) is 4.81. The zero-order valence-corrected chi connectivity index (χ0v) is 11.8. The molecule has 0 unspecified atom stereocenters. The van der Waals surface area contributed by atoms with E-state index >= 15 is 0 Å². The average Bonchev–Trinajstić information content (AvgIpc) is 2.71. The van der Waals surface area contributed by atoms with Crippen molar-refractivity contribution in [3.05, 3.63) is 24.0 Å². The molecule has 3 nitrogen and oxygen atoms in total. The van der Waals surface area contributed by atoms with Crippen molar-refractivity contribution in [1.29, 1.82) is 0 Å². The summed E-state index contributed by atoms with van der Waals surface area (Å²) in [7, 11) is 1.77. The van der Waals surface area contributed by atoms with Crippen molar-refractivity contribution < 1.29 is 4.74 Å². The van der Waals surface area contributed by atoms with Gasteiger partial charge in [0.15, 0.2) is 0 Å². The molecule has 3 heteroatoms.